The predicted octanol–water partition coefficient (Wildman–Crippen LogP) is 3.22. The van der Waals surface area contributed by atoms with E-state index < -0.39 is 0 Å². The number of nitrogens with two attached hydrogens (primary N) is 1. The van der Waals surface area contributed by atoms with Crippen molar-refractivity contribution >= 4 is 21.6 Å². The van der Waals surface area contributed by atoms with Crippen LogP contribution in [0.15, 0.2) is 47.1 Å². The Morgan fingerprint density at radius 2 is 1.80 bits per heavy atom. The fraction of sp³-hybridized carbons (Fsp3) is 0. The fourth-order valence-corrected chi connectivity index (χ4v) is 1.31. The molecule has 0 aliphatic rings. The SMILES string of the molecule is Nc1ccc(Oc2ccc(Br)cn2)cc1. The minimum Gasteiger partial charge on any atom is -0.439 e. The van der Waals surface area contributed by atoms with Crippen molar-refractivity contribution in [3.05, 3.63) is 47.1 Å². The highest BCUT2D eigenvalue weighted by Gasteiger charge is 1.97. The van der Waals surface area contributed by atoms with Gasteiger partial charge in [-0.25, -0.2) is 4.98 Å². The van der Waals surface area contributed by atoms with Gasteiger partial charge in [-0.05, 0) is 46.3 Å². The Labute approximate surface area is 96.0 Å². The molecule has 1 heterocycles. The average Bonchev–Trinajstić information content (AvgIpc) is 2.25. The van der Waals surface area contributed by atoms with Crippen LogP contribution in [0, 0.1) is 0 Å². The summed E-state index contributed by atoms with van der Waals surface area (Å²) in [6.07, 6.45) is 1.69. The zero-order chi connectivity index (χ0) is 10.7. The highest BCUT2D eigenvalue weighted by molar-refractivity contribution is 9.10. The lowest BCUT2D eigenvalue weighted by molar-refractivity contribution is 0.463. The molecular weight excluding hydrogens is 256 g/mol. The van der Waals surface area contributed by atoms with Crippen LogP contribution in [0.4, 0.5) is 5.69 Å². The van der Waals surface area contributed by atoms with Gasteiger partial charge in [0, 0.05) is 22.4 Å². The van der Waals surface area contributed by atoms with E-state index in [2.05, 4.69) is 20.9 Å². The van der Waals surface area contributed by atoms with Crippen molar-refractivity contribution in [2.45, 2.75) is 0 Å². The summed E-state index contributed by atoms with van der Waals surface area (Å²) in [7, 11) is 0. The molecule has 0 spiro atoms. The van der Waals surface area contributed by atoms with E-state index in [1.54, 1.807) is 36.5 Å². The molecule has 4 heteroatoms. The molecule has 0 aliphatic carbocycles. The Morgan fingerprint density at radius 1 is 1.07 bits per heavy atom. The molecule has 0 radical (unpaired) electrons. The van der Waals surface area contributed by atoms with Gasteiger partial charge in [0.1, 0.15) is 5.75 Å². The average molecular weight is 265 g/mol. The van der Waals surface area contributed by atoms with Crippen molar-refractivity contribution in [1.82, 2.24) is 4.98 Å². The first-order chi connectivity index (χ1) is 7.24. The first-order valence-corrected chi connectivity index (χ1v) is 5.18. The topological polar surface area (TPSA) is 48.1 Å². The lowest BCUT2D eigenvalue weighted by Crippen LogP contribution is -1.88. The fourth-order valence-electron chi connectivity index (χ4n) is 1.08. The number of rotatable bonds is 2. The molecule has 76 valence electrons. The van der Waals surface area contributed by atoms with Crippen molar-refractivity contribution in [2.75, 3.05) is 5.73 Å². The monoisotopic (exact) mass is 264 g/mol. The van der Waals surface area contributed by atoms with Crippen molar-refractivity contribution in [2.24, 2.45) is 0 Å². The number of aromatic nitrogens is 1. The van der Waals surface area contributed by atoms with E-state index in [0.29, 0.717) is 11.6 Å². The van der Waals surface area contributed by atoms with Crippen molar-refractivity contribution in [3.63, 3.8) is 0 Å². The van der Waals surface area contributed by atoms with Gasteiger partial charge >= 0.3 is 0 Å². The van der Waals surface area contributed by atoms with Crippen LogP contribution in [0.25, 0.3) is 0 Å². The van der Waals surface area contributed by atoms with Crippen LogP contribution in [-0.2, 0) is 0 Å². The van der Waals surface area contributed by atoms with Gasteiger partial charge in [-0.15, -0.1) is 0 Å². The Hall–Kier alpha value is -1.55. The minimum atomic E-state index is 0.558. The molecule has 1 aromatic carbocycles. The number of nitrogen functional groups attached to an aromatic ring is 1. The zero-order valence-electron chi connectivity index (χ0n) is 7.85. The number of halogens is 1. The minimum absolute atomic E-state index is 0.558. The van der Waals surface area contributed by atoms with Crippen LogP contribution in [-0.4, -0.2) is 4.98 Å². The summed E-state index contributed by atoms with van der Waals surface area (Å²) in [6, 6.07) is 10.8. The molecule has 1 aromatic heterocycles. The number of hydrogen-bond donors (Lipinski definition) is 1. The maximum atomic E-state index is 5.56. The Kier molecular flexibility index (Phi) is 2.87. The Bertz CT molecular complexity index is 396. The number of benzene rings is 1. The lowest BCUT2D eigenvalue weighted by atomic mass is 10.3. The quantitative estimate of drug-likeness (QED) is 0.848. The molecule has 0 bridgehead atoms. The summed E-state index contributed by atoms with van der Waals surface area (Å²) in [5.74, 6) is 1.28. The maximum absolute atomic E-state index is 5.56. The van der Waals surface area contributed by atoms with Gasteiger partial charge in [0.15, 0.2) is 0 Å². The van der Waals surface area contributed by atoms with Crippen LogP contribution in [0.5, 0.6) is 11.6 Å². The van der Waals surface area contributed by atoms with Gasteiger partial charge in [0.05, 0.1) is 0 Å². The second-order valence-electron chi connectivity index (χ2n) is 2.99. The van der Waals surface area contributed by atoms with Crippen LogP contribution in [0.2, 0.25) is 0 Å². The largest absolute Gasteiger partial charge is 0.439 e. The molecule has 0 amide bonds. The molecule has 2 rings (SSSR count). The first kappa shape index (κ1) is 9.98. The third-order valence-electron chi connectivity index (χ3n) is 1.80. The number of nitrogens with zero attached hydrogens (tertiary/aromatic N) is 1. The van der Waals surface area contributed by atoms with Crippen molar-refractivity contribution < 1.29 is 4.74 Å². The second kappa shape index (κ2) is 4.31. The summed E-state index contributed by atoms with van der Waals surface area (Å²) in [5.41, 5.74) is 6.28. The van der Waals surface area contributed by atoms with Crippen molar-refractivity contribution in [3.8, 4) is 11.6 Å². The van der Waals surface area contributed by atoms with Crippen LogP contribution < -0.4 is 10.5 Å². The second-order valence-corrected chi connectivity index (χ2v) is 3.90. The van der Waals surface area contributed by atoms with Crippen LogP contribution in [0.1, 0.15) is 0 Å². The summed E-state index contributed by atoms with van der Waals surface area (Å²) < 4.78 is 6.42. The summed E-state index contributed by atoms with van der Waals surface area (Å²) >= 11 is 3.31. The van der Waals surface area contributed by atoms with Gasteiger partial charge in [-0.1, -0.05) is 0 Å². The third-order valence-corrected chi connectivity index (χ3v) is 2.27. The van der Waals surface area contributed by atoms with E-state index in [4.69, 9.17) is 10.5 Å². The molecule has 0 fully saturated rings. The number of hydrogen-bond acceptors (Lipinski definition) is 3. The number of pyridine rings is 1. The normalized spacial score (nSPS) is 9.93. The van der Waals surface area contributed by atoms with E-state index >= 15 is 0 Å². The smallest absolute Gasteiger partial charge is 0.219 e. The maximum Gasteiger partial charge on any atom is 0.219 e. The van der Waals surface area contributed by atoms with Crippen molar-refractivity contribution in [1.29, 1.82) is 0 Å². The number of ether oxygens (including phenoxy) is 1. The summed E-state index contributed by atoms with van der Waals surface area (Å²) in [5, 5.41) is 0. The molecule has 0 atom stereocenters. The van der Waals surface area contributed by atoms with Crippen LogP contribution >= 0.6 is 15.9 Å². The Morgan fingerprint density at radius 3 is 2.40 bits per heavy atom. The summed E-state index contributed by atoms with van der Waals surface area (Å²) in [6.45, 7) is 0. The standard InChI is InChI=1S/C11H9BrN2O/c12-8-1-6-11(14-7-8)15-10-4-2-9(13)3-5-10/h1-7H,13H2. The van der Waals surface area contributed by atoms with E-state index in [0.717, 1.165) is 10.2 Å². The molecule has 2 N–H and O–H groups in total. The molecular formula is C11H9BrN2O. The molecule has 2 aromatic rings. The highest BCUT2D eigenvalue weighted by Crippen LogP contribution is 2.21. The van der Waals surface area contributed by atoms with Gasteiger partial charge in [-0.3, -0.25) is 0 Å². The molecule has 0 saturated heterocycles. The summed E-state index contributed by atoms with van der Waals surface area (Å²) in [4.78, 5) is 4.10. The third kappa shape index (κ3) is 2.70. The van der Waals surface area contributed by atoms with E-state index in [1.165, 1.54) is 0 Å². The lowest BCUT2D eigenvalue weighted by Gasteiger charge is -2.04. The van der Waals surface area contributed by atoms with E-state index in [9.17, 15) is 0 Å². The highest BCUT2D eigenvalue weighted by atomic mass is 79.9. The van der Waals surface area contributed by atoms with Gasteiger partial charge in [-0.2, -0.15) is 0 Å². The van der Waals surface area contributed by atoms with Gasteiger partial charge < -0.3 is 10.5 Å². The molecule has 15 heavy (non-hydrogen) atoms. The van der Waals surface area contributed by atoms with E-state index in [-0.39, 0.29) is 0 Å². The first-order valence-electron chi connectivity index (χ1n) is 4.39. The van der Waals surface area contributed by atoms with E-state index in [1.807, 2.05) is 6.07 Å². The molecule has 0 unspecified atom stereocenters. The van der Waals surface area contributed by atoms with Gasteiger partial charge in [0.25, 0.3) is 0 Å². The van der Waals surface area contributed by atoms with Gasteiger partial charge in [0.2, 0.25) is 5.88 Å². The molecule has 0 aliphatic heterocycles. The Balaban J connectivity index is 2.15. The number of anilines is 1. The zero-order valence-corrected chi connectivity index (χ0v) is 9.44. The molecule has 3 nitrogen and oxygen atoms in total. The van der Waals surface area contributed by atoms with Crippen LogP contribution in [0.3, 0.4) is 0 Å². The molecule has 0 saturated carbocycles. The predicted molar refractivity (Wildman–Crippen MR) is 62.9 cm³/mol.